The highest BCUT2D eigenvalue weighted by Gasteiger charge is 2.37. The third-order valence-electron chi connectivity index (χ3n) is 7.33. The number of nitrogens with zero attached hydrogens (tertiary/aromatic N) is 2. The molecule has 0 aliphatic heterocycles. The van der Waals surface area contributed by atoms with Crippen LogP contribution >= 0.6 is 11.6 Å². The van der Waals surface area contributed by atoms with Gasteiger partial charge in [0.2, 0.25) is 11.8 Å². The van der Waals surface area contributed by atoms with Gasteiger partial charge in [-0.3, -0.25) is 13.9 Å². The average Bonchev–Trinajstić information content (AvgIpc) is 3.02. The van der Waals surface area contributed by atoms with E-state index in [9.17, 15) is 31.2 Å². The molecule has 0 aromatic heterocycles. The second kappa shape index (κ2) is 15.0. The number of aryl methyl sites for hydroxylation is 1. The van der Waals surface area contributed by atoms with E-state index >= 15 is 0 Å². The number of sulfonamides is 1. The Bertz CT molecular complexity index is 1790. The number of carbonyl (C=O) groups excluding carboxylic acids is 2. The molecule has 0 bridgehead atoms. The van der Waals surface area contributed by atoms with E-state index in [-0.39, 0.29) is 23.9 Å². The van der Waals surface area contributed by atoms with Crippen molar-refractivity contribution in [3.05, 3.63) is 130 Å². The molecule has 0 aliphatic carbocycles. The lowest BCUT2D eigenvalue weighted by atomic mass is 10.0. The van der Waals surface area contributed by atoms with Crippen molar-refractivity contribution < 1.29 is 31.2 Å². The summed E-state index contributed by atoms with van der Waals surface area (Å²) in [6.45, 7) is 4.47. The first-order chi connectivity index (χ1) is 22.2. The number of hydrogen-bond donors (Lipinski definition) is 1. The van der Waals surface area contributed by atoms with Crippen LogP contribution in [0.1, 0.15) is 36.1 Å². The van der Waals surface area contributed by atoms with Crippen LogP contribution in [0.4, 0.5) is 18.9 Å². The fourth-order valence-corrected chi connectivity index (χ4v) is 6.61. The van der Waals surface area contributed by atoms with Crippen molar-refractivity contribution >= 4 is 39.1 Å². The molecule has 0 radical (unpaired) electrons. The van der Waals surface area contributed by atoms with E-state index in [2.05, 4.69) is 5.32 Å². The fraction of sp³-hybridized carbons (Fsp3) is 0.257. The van der Waals surface area contributed by atoms with E-state index in [1.165, 1.54) is 29.2 Å². The van der Waals surface area contributed by atoms with E-state index in [1.807, 2.05) is 37.3 Å². The van der Waals surface area contributed by atoms with Crippen LogP contribution < -0.4 is 9.62 Å². The van der Waals surface area contributed by atoms with Crippen LogP contribution in [-0.4, -0.2) is 43.8 Å². The number of alkyl halides is 3. The SMILES string of the molecule is Cc1ccc(CN(C(=O)CN(c2ccc(Cl)c(C(F)(F)F)c2)S(=O)(=O)c2ccccc2)C(Cc2ccccc2)C(=O)NC(C)C)cc1. The minimum absolute atomic E-state index is 0.0736. The lowest BCUT2D eigenvalue weighted by Crippen LogP contribution is -2.54. The molecule has 7 nitrogen and oxygen atoms in total. The Labute approximate surface area is 278 Å². The Morgan fingerprint density at radius 1 is 0.851 bits per heavy atom. The first kappa shape index (κ1) is 35.5. The number of anilines is 1. The molecule has 0 saturated carbocycles. The molecule has 1 unspecified atom stereocenters. The quantitative estimate of drug-likeness (QED) is 0.174. The van der Waals surface area contributed by atoms with Gasteiger partial charge in [-0.25, -0.2) is 8.42 Å². The normalized spacial score (nSPS) is 12.4. The van der Waals surface area contributed by atoms with Gasteiger partial charge in [0.1, 0.15) is 12.6 Å². The fourth-order valence-electron chi connectivity index (χ4n) is 4.96. The maximum Gasteiger partial charge on any atom is 0.417 e. The second-order valence-corrected chi connectivity index (χ2v) is 13.6. The largest absolute Gasteiger partial charge is 0.417 e. The van der Waals surface area contributed by atoms with Crippen molar-refractivity contribution in [3.63, 3.8) is 0 Å². The lowest BCUT2D eigenvalue weighted by Gasteiger charge is -2.34. The molecule has 0 spiro atoms. The molecule has 4 aromatic rings. The van der Waals surface area contributed by atoms with Gasteiger partial charge >= 0.3 is 6.18 Å². The molecule has 0 heterocycles. The Balaban J connectivity index is 1.85. The summed E-state index contributed by atoms with van der Waals surface area (Å²) < 4.78 is 70.4. The zero-order valence-electron chi connectivity index (χ0n) is 26.0. The van der Waals surface area contributed by atoms with Crippen LogP contribution in [0.5, 0.6) is 0 Å². The van der Waals surface area contributed by atoms with Gasteiger partial charge in [0.15, 0.2) is 0 Å². The van der Waals surface area contributed by atoms with Crippen molar-refractivity contribution in [1.82, 2.24) is 10.2 Å². The molecule has 4 aromatic carbocycles. The van der Waals surface area contributed by atoms with Gasteiger partial charge in [0, 0.05) is 19.0 Å². The van der Waals surface area contributed by atoms with Crippen LogP contribution in [0, 0.1) is 6.92 Å². The summed E-state index contributed by atoms with van der Waals surface area (Å²) in [7, 11) is -4.59. The van der Waals surface area contributed by atoms with Crippen molar-refractivity contribution in [1.29, 1.82) is 0 Å². The van der Waals surface area contributed by atoms with Gasteiger partial charge in [-0.2, -0.15) is 13.2 Å². The Morgan fingerprint density at radius 2 is 1.45 bits per heavy atom. The predicted octanol–water partition coefficient (Wildman–Crippen LogP) is 7.03. The van der Waals surface area contributed by atoms with Crippen molar-refractivity contribution in [2.45, 2.75) is 56.9 Å². The standard InChI is InChI=1S/C35H35ClF3N3O4S/c1-24(2)40-34(44)32(20-26-10-6-4-7-11-26)41(22-27-16-14-25(3)15-17-27)33(43)23-42(47(45,46)29-12-8-5-9-13-29)28-18-19-31(36)30(21-28)35(37,38)39/h4-19,21,24,32H,20,22-23H2,1-3H3,(H,40,44). The Kier molecular flexibility index (Phi) is 11.4. The molecule has 1 atom stereocenters. The highest BCUT2D eigenvalue weighted by molar-refractivity contribution is 7.92. The predicted molar refractivity (Wildman–Crippen MR) is 176 cm³/mol. The van der Waals surface area contributed by atoms with E-state index < -0.39 is 56.9 Å². The summed E-state index contributed by atoms with van der Waals surface area (Å²) in [5.74, 6) is -1.26. The first-order valence-corrected chi connectivity index (χ1v) is 16.6. The topological polar surface area (TPSA) is 86.8 Å². The molecular formula is C35H35ClF3N3O4S. The van der Waals surface area contributed by atoms with E-state index in [1.54, 1.807) is 44.2 Å². The molecule has 12 heteroatoms. The third-order valence-corrected chi connectivity index (χ3v) is 9.45. The Hall–Kier alpha value is -4.35. The number of nitrogens with one attached hydrogen (secondary N) is 1. The average molecular weight is 686 g/mol. The molecule has 1 N–H and O–H groups in total. The molecule has 0 saturated heterocycles. The van der Waals surface area contributed by atoms with Gasteiger partial charge in [0.25, 0.3) is 10.0 Å². The summed E-state index contributed by atoms with van der Waals surface area (Å²) in [4.78, 5) is 29.2. The molecular weight excluding hydrogens is 651 g/mol. The minimum Gasteiger partial charge on any atom is -0.352 e. The number of benzene rings is 4. The summed E-state index contributed by atoms with van der Waals surface area (Å²) in [5, 5.41) is 2.23. The molecule has 47 heavy (non-hydrogen) atoms. The zero-order valence-corrected chi connectivity index (χ0v) is 27.6. The third kappa shape index (κ3) is 9.14. The first-order valence-electron chi connectivity index (χ1n) is 14.8. The summed E-state index contributed by atoms with van der Waals surface area (Å²) >= 11 is 5.86. The zero-order chi connectivity index (χ0) is 34.4. The number of amides is 2. The van der Waals surface area contributed by atoms with Gasteiger partial charge in [-0.05, 0) is 62.2 Å². The van der Waals surface area contributed by atoms with E-state index in [0.29, 0.717) is 15.9 Å². The maximum absolute atomic E-state index is 14.4. The number of hydrogen-bond acceptors (Lipinski definition) is 4. The smallest absolute Gasteiger partial charge is 0.352 e. The van der Waals surface area contributed by atoms with E-state index in [0.717, 1.165) is 23.3 Å². The lowest BCUT2D eigenvalue weighted by molar-refractivity contribution is -0.140. The van der Waals surface area contributed by atoms with Crippen LogP contribution in [0.2, 0.25) is 5.02 Å². The van der Waals surface area contributed by atoms with Crippen LogP contribution in [0.3, 0.4) is 0 Å². The van der Waals surface area contributed by atoms with Gasteiger partial charge in [-0.1, -0.05) is 90.0 Å². The van der Waals surface area contributed by atoms with Gasteiger partial charge < -0.3 is 10.2 Å². The number of rotatable bonds is 12. The van der Waals surface area contributed by atoms with Crippen molar-refractivity contribution in [2.75, 3.05) is 10.8 Å². The van der Waals surface area contributed by atoms with Gasteiger partial charge in [0.05, 0.1) is 21.2 Å². The molecule has 0 fully saturated rings. The molecule has 0 aliphatic rings. The number of carbonyl (C=O) groups is 2. The molecule has 248 valence electrons. The van der Waals surface area contributed by atoms with Crippen molar-refractivity contribution in [2.24, 2.45) is 0 Å². The minimum atomic E-state index is -4.90. The van der Waals surface area contributed by atoms with Crippen LogP contribution in [-0.2, 0) is 38.8 Å². The Morgan fingerprint density at radius 3 is 2.02 bits per heavy atom. The van der Waals surface area contributed by atoms with Crippen LogP contribution in [0.25, 0.3) is 0 Å². The second-order valence-electron chi connectivity index (χ2n) is 11.4. The summed E-state index contributed by atoms with van der Waals surface area (Å²) in [5.41, 5.74) is 0.711. The summed E-state index contributed by atoms with van der Waals surface area (Å²) in [6.07, 6.45) is -4.80. The highest BCUT2D eigenvalue weighted by Crippen LogP contribution is 2.38. The molecule has 4 rings (SSSR count). The molecule has 2 amide bonds. The number of halogens is 4. The van der Waals surface area contributed by atoms with Crippen LogP contribution in [0.15, 0.2) is 108 Å². The van der Waals surface area contributed by atoms with Gasteiger partial charge in [-0.15, -0.1) is 0 Å². The van der Waals surface area contributed by atoms with Crippen molar-refractivity contribution in [3.8, 4) is 0 Å². The monoisotopic (exact) mass is 685 g/mol. The summed E-state index contributed by atoms with van der Waals surface area (Å²) in [6, 6.07) is 24.7. The van der Waals surface area contributed by atoms with E-state index in [4.69, 9.17) is 11.6 Å². The maximum atomic E-state index is 14.4. The highest BCUT2D eigenvalue weighted by atomic mass is 35.5.